The fraction of sp³-hybridized carbons (Fsp3) is 0.348. The van der Waals surface area contributed by atoms with Gasteiger partial charge in [0.25, 0.3) is 0 Å². The molecule has 0 fully saturated rings. The first kappa shape index (κ1) is 22.3. The van der Waals surface area contributed by atoms with Crippen molar-refractivity contribution in [2.24, 2.45) is 12.0 Å². The highest BCUT2D eigenvalue weighted by Crippen LogP contribution is 2.20. The van der Waals surface area contributed by atoms with Crippen LogP contribution in [0.2, 0.25) is 0 Å². The largest absolute Gasteiger partial charge is 0.439 e. The highest BCUT2D eigenvalue weighted by atomic mass is 19.1. The van der Waals surface area contributed by atoms with E-state index in [1.165, 1.54) is 17.7 Å². The van der Waals surface area contributed by atoms with Crippen LogP contribution in [0.15, 0.2) is 53.8 Å². The molecule has 8 heteroatoms. The quantitative estimate of drug-likeness (QED) is 0.457. The van der Waals surface area contributed by atoms with E-state index in [-0.39, 0.29) is 5.82 Å². The Bertz CT molecular complexity index is 1030. The third kappa shape index (κ3) is 6.04. The Morgan fingerprint density at radius 2 is 2.10 bits per heavy atom. The van der Waals surface area contributed by atoms with Gasteiger partial charge in [0, 0.05) is 64.3 Å². The number of hydrogen-bond acceptors (Lipinski definition) is 4. The first-order valence-corrected chi connectivity index (χ1v) is 10.2. The van der Waals surface area contributed by atoms with E-state index in [1.807, 2.05) is 24.8 Å². The van der Waals surface area contributed by atoms with Gasteiger partial charge in [-0.05, 0) is 23.6 Å². The van der Waals surface area contributed by atoms with E-state index < -0.39 is 0 Å². The molecular formula is C23H29FN6O. The zero-order valence-electron chi connectivity index (χ0n) is 18.6. The van der Waals surface area contributed by atoms with Gasteiger partial charge in [0.15, 0.2) is 5.96 Å². The number of ether oxygens (including phenoxy) is 1. The highest BCUT2D eigenvalue weighted by Gasteiger charge is 2.15. The summed E-state index contributed by atoms with van der Waals surface area (Å²) in [5, 5.41) is 7.93. The van der Waals surface area contributed by atoms with Crippen LogP contribution in [0.4, 0.5) is 4.39 Å². The standard InChI is InChI=1S/C23H29FN6O/c1-16(2)22-18(15-30(5)28-22)14-29(4)23(25-3)27-13-17-9-10-21(26-12-17)31-20-8-6-7-19(24)11-20/h6-12,15-16H,13-14H2,1-5H3,(H,25,27). The molecule has 0 spiro atoms. The maximum atomic E-state index is 13.3. The maximum Gasteiger partial charge on any atom is 0.219 e. The lowest BCUT2D eigenvalue weighted by Crippen LogP contribution is -2.38. The molecule has 1 aromatic carbocycles. The van der Waals surface area contributed by atoms with Crippen LogP contribution in [0.3, 0.4) is 0 Å². The van der Waals surface area contributed by atoms with Crippen molar-refractivity contribution in [3.63, 3.8) is 0 Å². The number of rotatable bonds is 7. The second-order valence-corrected chi connectivity index (χ2v) is 7.69. The molecule has 164 valence electrons. The molecule has 3 aromatic rings. The Hall–Kier alpha value is -3.42. The first-order chi connectivity index (χ1) is 14.9. The molecule has 7 nitrogen and oxygen atoms in total. The van der Waals surface area contributed by atoms with Crippen molar-refractivity contribution in [1.29, 1.82) is 0 Å². The minimum Gasteiger partial charge on any atom is -0.439 e. The molecule has 2 aromatic heterocycles. The average Bonchev–Trinajstić information content (AvgIpc) is 3.10. The zero-order valence-corrected chi connectivity index (χ0v) is 18.6. The molecule has 0 amide bonds. The topological polar surface area (TPSA) is 67.6 Å². The molecule has 0 saturated heterocycles. The van der Waals surface area contributed by atoms with E-state index in [0.29, 0.717) is 30.6 Å². The van der Waals surface area contributed by atoms with E-state index in [9.17, 15) is 4.39 Å². The summed E-state index contributed by atoms with van der Waals surface area (Å²) in [6, 6.07) is 9.66. The van der Waals surface area contributed by atoms with E-state index in [0.717, 1.165) is 17.2 Å². The van der Waals surface area contributed by atoms with E-state index >= 15 is 0 Å². The van der Waals surface area contributed by atoms with Crippen molar-refractivity contribution in [1.82, 2.24) is 25.0 Å². The van der Waals surface area contributed by atoms with Gasteiger partial charge in [-0.2, -0.15) is 5.10 Å². The molecule has 0 atom stereocenters. The summed E-state index contributed by atoms with van der Waals surface area (Å²) in [5.41, 5.74) is 3.26. The Kier molecular flexibility index (Phi) is 7.23. The molecule has 3 rings (SSSR count). The number of hydrogen-bond donors (Lipinski definition) is 1. The van der Waals surface area contributed by atoms with Crippen LogP contribution in [0.25, 0.3) is 0 Å². The number of halogens is 1. The Balaban J connectivity index is 1.57. The molecule has 0 aliphatic rings. The highest BCUT2D eigenvalue weighted by molar-refractivity contribution is 5.79. The molecule has 0 aliphatic heterocycles. The SMILES string of the molecule is CN=C(NCc1ccc(Oc2cccc(F)c2)nc1)N(C)Cc1cn(C)nc1C(C)C. The van der Waals surface area contributed by atoms with Crippen LogP contribution < -0.4 is 10.1 Å². The van der Waals surface area contributed by atoms with Crippen molar-refractivity contribution in [2.75, 3.05) is 14.1 Å². The number of pyridine rings is 1. The van der Waals surface area contributed by atoms with Gasteiger partial charge in [-0.25, -0.2) is 9.37 Å². The third-order valence-corrected chi connectivity index (χ3v) is 4.73. The van der Waals surface area contributed by atoms with Crippen LogP contribution >= 0.6 is 0 Å². The van der Waals surface area contributed by atoms with E-state index in [2.05, 4.69) is 45.3 Å². The second kappa shape index (κ2) is 10.1. The molecule has 31 heavy (non-hydrogen) atoms. The monoisotopic (exact) mass is 424 g/mol. The lowest BCUT2D eigenvalue weighted by Gasteiger charge is -2.22. The number of aliphatic imine (C=N–C) groups is 1. The summed E-state index contributed by atoms with van der Waals surface area (Å²) < 4.78 is 20.7. The van der Waals surface area contributed by atoms with Crippen LogP contribution in [0, 0.1) is 5.82 Å². The molecule has 0 unspecified atom stereocenters. The summed E-state index contributed by atoms with van der Waals surface area (Å²) in [6.45, 7) is 5.56. The van der Waals surface area contributed by atoms with E-state index in [4.69, 9.17) is 4.74 Å². The van der Waals surface area contributed by atoms with Gasteiger partial charge in [0.1, 0.15) is 11.6 Å². The summed E-state index contributed by atoms with van der Waals surface area (Å²) in [5.74, 6) is 1.61. The first-order valence-electron chi connectivity index (χ1n) is 10.2. The zero-order chi connectivity index (χ0) is 22.4. The molecule has 0 saturated carbocycles. The number of benzene rings is 1. The molecule has 1 N–H and O–H groups in total. The third-order valence-electron chi connectivity index (χ3n) is 4.73. The Labute approximate surface area is 182 Å². The van der Waals surface area contributed by atoms with Gasteiger partial charge in [0.2, 0.25) is 5.88 Å². The summed E-state index contributed by atoms with van der Waals surface area (Å²) in [4.78, 5) is 10.8. The number of aromatic nitrogens is 3. The van der Waals surface area contributed by atoms with Crippen molar-refractivity contribution >= 4 is 5.96 Å². The van der Waals surface area contributed by atoms with Crippen molar-refractivity contribution in [3.8, 4) is 11.6 Å². The van der Waals surface area contributed by atoms with Crippen molar-refractivity contribution < 1.29 is 9.13 Å². The number of nitrogens with zero attached hydrogens (tertiary/aromatic N) is 5. The lowest BCUT2D eigenvalue weighted by atomic mass is 10.1. The van der Waals surface area contributed by atoms with Gasteiger partial charge in [-0.3, -0.25) is 9.67 Å². The smallest absolute Gasteiger partial charge is 0.219 e. The van der Waals surface area contributed by atoms with Gasteiger partial charge >= 0.3 is 0 Å². The number of aryl methyl sites for hydroxylation is 1. The van der Waals surface area contributed by atoms with Crippen LogP contribution in [0.1, 0.15) is 36.6 Å². The number of guanidine groups is 1. The fourth-order valence-corrected chi connectivity index (χ4v) is 3.29. The molecule has 0 radical (unpaired) electrons. The van der Waals surface area contributed by atoms with Gasteiger partial charge < -0.3 is 15.0 Å². The van der Waals surface area contributed by atoms with Gasteiger partial charge in [-0.1, -0.05) is 26.0 Å². The van der Waals surface area contributed by atoms with Crippen LogP contribution in [-0.2, 0) is 20.1 Å². The molecule has 0 bridgehead atoms. The van der Waals surface area contributed by atoms with E-state index in [1.54, 1.807) is 31.4 Å². The lowest BCUT2D eigenvalue weighted by molar-refractivity contribution is 0.457. The number of nitrogens with one attached hydrogen (secondary N) is 1. The summed E-state index contributed by atoms with van der Waals surface area (Å²) in [7, 11) is 5.71. The average molecular weight is 425 g/mol. The molecule has 0 aliphatic carbocycles. The van der Waals surface area contributed by atoms with Crippen LogP contribution in [0.5, 0.6) is 11.6 Å². The van der Waals surface area contributed by atoms with Gasteiger partial charge in [0.05, 0.1) is 5.69 Å². The van der Waals surface area contributed by atoms with Crippen molar-refractivity contribution in [3.05, 3.63) is 71.4 Å². The molecule has 2 heterocycles. The maximum absolute atomic E-state index is 13.3. The van der Waals surface area contributed by atoms with Crippen molar-refractivity contribution in [2.45, 2.75) is 32.9 Å². The Morgan fingerprint density at radius 1 is 1.29 bits per heavy atom. The Morgan fingerprint density at radius 3 is 2.74 bits per heavy atom. The fourth-order valence-electron chi connectivity index (χ4n) is 3.29. The summed E-state index contributed by atoms with van der Waals surface area (Å²) >= 11 is 0. The molecular weight excluding hydrogens is 395 g/mol. The minimum atomic E-state index is -0.347. The summed E-state index contributed by atoms with van der Waals surface area (Å²) in [6.07, 6.45) is 3.78. The predicted molar refractivity (Wildman–Crippen MR) is 120 cm³/mol. The second-order valence-electron chi connectivity index (χ2n) is 7.69. The predicted octanol–water partition coefficient (Wildman–Crippen LogP) is 4.08. The normalized spacial score (nSPS) is 11.6. The minimum absolute atomic E-state index is 0.347. The van der Waals surface area contributed by atoms with Gasteiger partial charge in [-0.15, -0.1) is 0 Å². The van der Waals surface area contributed by atoms with Crippen LogP contribution in [-0.4, -0.2) is 39.7 Å².